The maximum atomic E-state index is 4.40. The minimum atomic E-state index is 0.204. The van der Waals surface area contributed by atoms with Crippen LogP contribution in [-0.2, 0) is 0 Å². The van der Waals surface area contributed by atoms with Crippen LogP contribution in [0.3, 0.4) is 0 Å². The minimum Gasteiger partial charge on any atom is -0.309 e. The Morgan fingerprint density at radius 2 is 2.28 bits per heavy atom. The third kappa shape index (κ3) is 1.83. The zero-order valence-electron chi connectivity index (χ0n) is 10.4. The van der Waals surface area contributed by atoms with Crippen LogP contribution in [0.4, 0.5) is 0 Å². The van der Waals surface area contributed by atoms with E-state index in [2.05, 4.69) is 34.9 Å². The summed E-state index contributed by atoms with van der Waals surface area (Å²) in [5.41, 5.74) is 3.68. The van der Waals surface area contributed by atoms with Gasteiger partial charge in [0.25, 0.3) is 0 Å². The topological polar surface area (TPSA) is 29.3 Å². The molecular formula is C14H15N3S. The molecule has 0 aliphatic heterocycles. The van der Waals surface area contributed by atoms with Gasteiger partial charge in [-0.05, 0) is 43.1 Å². The van der Waals surface area contributed by atoms with Crippen molar-refractivity contribution in [3.05, 3.63) is 58.0 Å². The Kier molecular flexibility index (Phi) is 2.89. The van der Waals surface area contributed by atoms with Crippen LogP contribution in [0.2, 0.25) is 0 Å². The summed E-state index contributed by atoms with van der Waals surface area (Å²) >= 11 is 1.78. The molecule has 0 fully saturated rings. The molecule has 4 heteroatoms. The Morgan fingerprint density at radius 3 is 3.00 bits per heavy atom. The summed E-state index contributed by atoms with van der Waals surface area (Å²) in [6, 6.07) is 8.58. The number of pyridine rings is 1. The van der Waals surface area contributed by atoms with Gasteiger partial charge in [0, 0.05) is 16.6 Å². The van der Waals surface area contributed by atoms with Crippen LogP contribution in [0.1, 0.15) is 22.0 Å². The van der Waals surface area contributed by atoms with Crippen molar-refractivity contribution < 1.29 is 0 Å². The minimum absolute atomic E-state index is 0.204. The molecule has 1 N–H and O–H groups in total. The molecular weight excluding hydrogens is 242 g/mol. The Morgan fingerprint density at radius 1 is 1.39 bits per heavy atom. The first-order valence-corrected chi connectivity index (χ1v) is 6.82. The summed E-state index contributed by atoms with van der Waals surface area (Å²) in [6.07, 6.45) is 3.92. The second-order valence-corrected chi connectivity index (χ2v) is 5.46. The van der Waals surface area contributed by atoms with Gasteiger partial charge in [0.2, 0.25) is 0 Å². The lowest BCUT2D eigenvalue weighted by atomic mass is 10.0. The molecule has 3 heterocycles. The van der Waals surface area contributed by atoms with E-state index >= 15 is 0 Å². The first-order valence-electron chi connectivity index (χ1n) is 5.94. The maximum absolute atomic E-state index is 4.40. The maximum Gasteiger partial charge on any atom is 0.0712 e. The quantitative estimate of drug-likeness (QED) is 0.781. The van der Waals surface area contributed by atoms with E-state index in [0.29, 0.717) is 0 Å². The molecule has 0 amide bonds. The predicted octanol–water partition coefficient (Wildman–Crippen LogP) is 3.01. The lowest BCUT2D eigenvalue weighted by Crippen LogP contribution is -2.16. The van der Waals surface area contributed by atoms with Gasteiger partial charge in [0.05, 0.1) is 17.8 Å². The molecule has 0 radical (unpaired) electrons. The molecule has 1 unspecified atom stereocenters. The van der Waals surface area contributed by atoms with Gasteiger partial charge in [-0.1, -0.05) is 6.07 Å². The first kappa shape index (κ1) is 11.4. The Hall–Kier alpha value is -1.65. The van der Waals surface area contributed by atoms with Gasteiger partial charge in [-0.15, -0.1) is 11.3 Å². The molecule has 3 aromatic rings. The Bertz CT molecular complexity index is 668. The van der Waals surface area contributed by atoms with Crippen molar-refractivity contribution in [1.29, 1.82) is 0 Å². The molecule has 92 valence electrons. The van der Waals surface area contributed by atoms with Gasteiger partial charge in [-0.3, -0.25) is 0 Å². The van der Waals surface area contributed by atoms with E-state index in [9.17, 15) is 0 Å². The normalized spacial score (nSPS) is 13.0. The van der Waals surface area contributed by atoms with Crippen LogP contribution in [0.5, 0.6) is 0 Å². The monoisotopic (exact) mass is 257 g/mol. The zero-order chi connectivity index (χ0) is 12.5. The number of nitrogens with one attached hydrogen (secondary N) is 1. The fraction of sp³-hybridized carbons (Fsp3) is 0.214. The van der Waals surface area contributed by atoms with Crippen LogP contribution in [-0.4, -0.2) is 16.7 Å². The lowest BCUT2D eigenvalue weighted by molar-refractivity contribution is 0.699. The van der Waals surface area contributed by atoms with Crippen molar-refractivity contribution >= 4 is 16.9 Å². The fourth-order valence-electron chi connectivity index (χ4n) is 2.29. The molecule has 3 rings (SSSR count). The third-order valence-electron chi connectivity index (χ3n) is 3.14. The molecule has 1 atom stereocenters. The van der Waals surface area contributed by atoms with Gasteiger partial charge < -0.3 is 5.32 Å². The fourth-order valence-corrected chi connectivity index (χ4v) is 3.02. The standard InChI is InChI=1S/C14H15N3S/c1-10-7-11(9-18-10)14(15-2)12-8-16-17-6-4-3-5-13(12)17/h3-9,14-15H,1-2H3. The molecule has 18 heavy (non-hydrogen) atoms. The number of nitrogens with zero attached hydrogens (tertiary/aromatic N) is 2. The van der Waals surface area contributed by atoms with Crippen molar-refractivity contribution in [3.63, 3.8) is 0 Å². The molecule has 0 saturated carbocycles. The zero-order valence-corrected chi connectivity index (χ0v) is 11.2. The van der Waals surface area contributed by atoms with Crippen LogP contribution in [0.25, 0.3) is 5.52 Å². The summed E-state index contributed by atoms with van der Waals surface area (Å²) in [5.74, 6) is 0. The highest BCUT2D eigenvalue weighted by Gasteiger charge is 2.17. The number of rotatable bonds is 3. The Labute approximate surface area is 110 Å². The van der Waals surface area contributed by atoms with Crippen LogP contribution >= 0.6 is 11.3 Å². The van der Waals surface area contributed by atoms with E-state index in [4.69, 9.17) is 0 Å². The van der Waals surface area contributed by atoms with Crippen LogP contribution in [0.15, 0.2) is 42.0 Å². The SMILES string of the molecule is CNC(c1csc(C)c1)c1cnn2ccccc12. The number of aryl methyl sites for hydroxylation is 1. The van der Waals surface area contributed by atoms with E-state index in [1.54, 1.807) is 11.3 Å². The lowest BCUT2D eigenvalue weighted by Gasteiger charge is -2.13. The van der Waals surface area contributed by atoms with Gasteiger partial charge in [-0.2, -0.15) is 5.10 Å². The molecule has 0 aliphatic rings. The van der Waals surface area contributed by atoms with E-state index in [0.717, 1.165) is 5.52 Å². The second kappa shape index (κ2) is 4.55. The largest absolute Gasteiger partial charge is 0.309 e. The van der Waals surface area contributed by atoms with Crippen molar-refractivity contribution in [3.8, 4) is 0 Å². The highest BCUT2D eigenvalue weighted by atomic mass is 32.1. The number of hydrogen-bond donors (Lipinski definition) is 1. The van der Waals surface area contributed by atoms with Crippen molar-refractivity contribution in [2.75, 3.05) is 7.05 Å². The summed E-state index contributed by atoms with van der Waals surface area (Å²) in [6.45, 7) is 2.14. The average Bonchev–Trinajstić information content (AvgIpc) is 2.98. The molecule has 0 aromatic carbocycles. The molecule has 3 nitrogen and oxygen atoms in total. The molecule has 0 bridgehead atoms. The van der Waals surface area contributed by atoms with Crippen LogP contribution < -0.4 is 5.32 Å². The predicted molar refractivity (Wildman–Crippen MR) is 75.2 cm³/mol. The highest BCUT2D eigenvalue weighted by Crippen LogP contribution is 2.28. The van der Waals surface area contributed by atoms with Gasteiger partial charge in [-0.25, -0.2) is 4.52 Å². The summed E-state index contributed by atoms with van der Waals surface area (Å²) in [5, 5.41) is 9.99. The first-order chi connectivity index (χ1) is 8.79. The second-order valence-electron chi connectivity index (χ2n) is 4.34. The summed E-state index contributed by atoms with van der Waals surface area (Å²) < 4.78 is 1.92. The number of aromatic nitrogens is 2. The van der Waals surface area contributed by atoms with E-state index in [1.165, 1.54) is 16.0 Å². The van der Waals surface area contributed by atoms with Gasteiger partial charge >= 0.3 is 0 Å². The van der Waals surface area contributed by atoms with E-state index < -0.39 is 0 Å². The number of thiophene rings is 1. The average molecular weight is 257 g/mol. The molecule has 3 aromatic heterocycles. The number of fused-ring (bicyclic) bond motifs is 1. The highest BCUT2D eigenvalue weighted by molar-refractivity contribution is 7.10. The summed E-state index contributed by atoms with van der Waals surface area (Å²) in [7, 11) is 1.99. The molecule has 0 aliphatic carbocycles. The van der Waals surface area contributed by atoms with E-state index in [-0.39, 0.29) is 6.04 Å². The number of hydrogen-bond acceptors (Lipinski definition) is 3. The van der Waals surface area contributed by atoms with Gasteiger partial charge in [0.15, 0.2) is 0 Å². The van der Waals surface area contributed by atoms with Gasteiger partial charge in [0.1, 0.15) is 0 Å². The van der Waals surface area contributed by atoms with E-state index in [1.807, 2.05) is 36.1 Å². The summed E-state index contributed by atoms with van der Waals surface area (Å²) in [4.78, 5) is 1.33. The Balaban J connectivity index is 2.11. The molecule has 0 saturated heterocycles. The smallest absolute Gasteiger partial charge is 0.0712 e. The van der Waals surface area contributed by atoms with Crippen LogP contribution in [0, 0.1) is 6.92 Å². The van der Waals surface area contributed by atoms with Crippen molar-refractivity contribution in [1.82, 2.24) is 14.9 Å². The third-order valence-corrected chi connectivity index (χ3v) is 4.02. The van der Waals surface area contributed by atoms with Crippen molar-refractivity contribution in [2.24, 2.45) is 0 Å². The molecule has 0 spiro atoms. The van der Waals surface area contributed by atoms with Crippen molar-refractivity contribution in [2.45, 2.75) is 13.0 Å².